The minimum atomic E-state index is -0.553. The molecule has 0 amide bonds. The van der Waals surface area contributed by atoms with Gasteiger partial charge in [-0.2, -0.15) is 0 Å². The molecule has 29 heavy (non-hydrogen) atoms. The van der Waals surface area contributed by atoms with Gasteiger partial charge in [-0.15, -0.1) is 11.3 Å². The number of aliphatic hydroxyl groups is 3. The van der Waals surface area contributed by atoms with Crippen LogP contribution < -0.4 is 4.74 Å². The van der Waals surface area contributed by atoms with Gasteiger partial charge in [0.05, 0.1) is 18.8 Å². The molecule has 0 aliphatic carbocycles. The Morgan fingerprint density at radius 1 is 1.03 bits per heavy atom. The molecule has 0 radical (unpaired) electrons. The van der Waals surface area contributed by atoms with E-state index in [1.54, 1.807) is 23.5 Å². The molecule has 2 rings (SSSR count). The van der Waals surface area contributed by atoms with Crippen molar-refractivity contribution in [2.75, 3.05) is 0 Å². The van der Waals surface area contributed by atoms with Gasteiger partial charge in [0, 0.05) is 9.75 Å². The zero-order valence-electron chi connectivity index (χ0n) is 17.8. The topological polar surface area (TPSA) is 69.9 Å². The van der Waals surface area contributed by atoms with E-state index in [2.05, 4.69) is 25.1 Å². The second-order valence-corrected chi connectivity index (χ2v) is 8.52. The van der Waals surface area contributed by atoms with E-state index in [0.717, 1.165) is 37.0 Å². The quantitative estimate of drug-likeness (QED) is 0.429. The van der Waals surface area contributed by atoms with E-state index in [9.17, 15) is 15.3 Å². The number of allylic oxidation sites excluding steroid dienone is 2. The minimum absolute atomic E-state index is 0.0928. The van der Waals surface area contributed by atoms with Crippen LogP contribution in [0.4, 0.5) is 0 Å². The van der Waals surface area contributed by atoms with E-state index in [1.807, 2.05) is 19.9 Å². The van der Waals surface area contributed by atoms with Crippen molar-refractivity contribution in [3.8, 4) is 5.75 Å². The summed E-state index contributed by atoms with van der Waals surface area (Å²) in [6, 6.07) is 9.61. The van der Waals surface area contributed by atoms with Crippen LogP contribution in [-0.2, 0) is 19.8 Å². The maximum absolute atomic E-state index is 10.5. The first kappa shape index (κ1) is 23.6. The monoisotopic (exact) mass is 418 g/mol. The second-order valence-electron chi connectivity index (χ2n) is 7.35. The highest BCUT2D eigenvalue weighted by molar-refractivity contribution is 7.13. The lowest BCUT2D eigenvalue weighted by molar-refractivity contribution is 0.0246. The largest absolute Gasteiger partial charge is 0.488 e. The first-order valence-corrected chi connectivity index (χ1v) is 11.3. The lowest BCUT2D eigenvalue weighted by atomic mass is 9.91. The van der Waals surface area contributed by atoms with Crippen molar-refractivity contribution < 1.29 is 20.1 Å². The fourth-order valence-corrected chi connectivity index (χ4v) is 4.35. The molecule has 3 N–H and O–H groups in total. The molecule has 1 heterocycles. The molecule has 0 saturated heterocycles. The summed E-state index contributed by atoms with van der Waals surface area (Å²) in [4.78, 5) is 2.38. The molecule has 160 valence electrons. The summed E-state index contributed by atoms with van der Waals surface area (Å²) in [5.41, 5.74) is 2.16. The van der Waals surface area contributed by atoms with Gasteiger partial charge in [-0.05, 0) is 73.1 Å². The highest BCUT2D eigenvalue weighted by Gasteiger charge is 2.20. The van der Waals surface area contributed by atoms with Crippen LogP contribution in [0.1, 0.15) is 73.8 Å². The first-order chi connectivity index (χ1) is 14.0. The second kappa shape index (κ2) is 11.5. The van der Waals surface area contributed by atoms with Crippen LogP contribution in [-0.4, -0.2) is 20.9 Å². The first-order valence-electron chi connectivity index (χ1n) is 10.4. The van der Waals surface area contributed by atoms with Crippen molar-refractivity contribution in [2.45, 2.75) is 78.3 Å². The standard InChI is InChI=1S/C24H34O4S/c1-4-18(8-7-13-24(27,5-2)6-3)23-12-11-22(29-23)17-28-21-10-9-19(15-25)20(14-21)16-26/h8-12,14,25-27H,4-7,13,15-17H2,1-3H3. The van der Waals surface area contributed by atoms with Gasteiger partial charge < -0.3 is 20.1 Å². The van der Waals surface area contributed by atoms with Crippen molar-refractivity contribution in [3.63, 3.8) is 0 Å². The average molecular weight is 419 g/mol. The Balaban J connectivity index is 1.99. The molecule has 0 aliphatic heterocycles. The molecule has 0 aliphatic rings. The molecule has 0 saturated carbocycles. The molecular formula is C24H34O4S. The number of hydrogen-bond acceptors (Lipinski definition) is 5. The summed E-state index contributed by atoms with van der Waals surface area (Å²) in [7, 11) is 0. The molecular weight excluding hydrogens is 384 g/mol. The SMILES string of the molecule is CCC(=CCCC(O)(CC)CC)c1ccc(COc2ccc(CO)c(CO)c2)s1. The number of thiophene rings is 1. The average Bonchev–Trinajstić information content (AvgIpc) is 3.23. The Hall–Kier alpha value is -1.66. The maximum Gasteiger partial charge on any atom is 0.122 e. The Kier molecular flexibility index (Phi) is 9.37. The van der Waals surface area contributed by atoms with Crippen LogP contribution in [0.5, 0.6) is 5.75 Å². The molecule has 5 heteroatoms. The highest BCUT2D eigenvalue weighted by Crippen LogP contribution is 2.30. The Morgan fingerprint density at radius 2 is 1.76 bits per heavy atom. The van der Waals surface area contributed by atoms with Crippen LogP contribution in [0, 0.1) is 0 Å². The van der Waals surface area contributed by atoms with E-state index in [0.29, 0.717) is 23.5 Å². The van der Waals surface area contributed by atoms with E-state index in [4.69, 9.17) is 4.74 Å². The molecule has 1 aromatic heterocycles. The number of hydrogen-bond donors (Lipinski definition) is 3. The zero-order valence-corrected chi connectivity index (χ0v) is 18.6. The summed E-state index contributed by atoms with van der Waals surface area (Å²) >= 11 is 1.73. The summed E-state index contributed by atoms with van der Waals surface area (Å²) in [6.45, 7) is 6.50. The smallest absolute Gasteiger partial charge is 0.122 e. The van der Waals surface area contributed by atoms with E-state index >= 15 is 0 Å². The van der Waals surface area contributed by atoms with Crippen LogP contribution in [0.3, 0.4) is 0 Å². The number of benzene rings is 1. The molecule has 0 spiro atoms. The fourth-order valence-electron chi connectivity index (χ4n) is 3.31. The Labute approximate surface area is 178 Å². The predicted molar refractivity (Wildman–Crippen MR) is 120 cm³/mol. The Morgan fingerprint density at radius 3 is 2.38 bits per heavy atom. The van der Waals surface area contributed by atoms with Crippen LogP contribution in [0.25, 0.3) is 5.57 Å². The van der Waals surface area contributed by atoms with Gasteiger partial charge in [0.1, 0.15) is 12.4 Å². The van der Waals surface area contributed by atoms with Gasteiger partial charge in [0.15, 0.2) is 0 Å². The lowest BCUT2D eigenvalue weighted by Crippen LogP contribution is -2.25. The molecule has 0 fully saturated rings. The summed E-state index contributed by atoms with van der Waals surface area (Å²) in [5, 5.41) is 29.2. The molecule has 2 aromatic rings. The number of rotatable bonds is 12. The van der Waals surface area contributed by atoms with Crippen molar-refractivity contribution in [3.05, 3.63) is 57.3 Å². The van der Waals surface area contributed by atoms with Gasteiger partial charge >= 0.3 is 0 Å². The fraction of sp³-hybridized carbons (Fsp3) is 0.500. The van der Waals surface area contributed by atoms with E-state index in [1.165, 1.54) is 10.5 Å². The third-order valence-corrected chi connectivity index (χ3v) is 6.71. The molecule has 0 atom stereocenters. The zero-order chi connectivity index (χ0) is 21.3. The van der Waals surface area contributed by atoms with Crippen molar-refractivity contribution in [1.29, 1.82) is 0 Å². The predicted octanol–water partition coefficient (Wildman–Crippen LogP) is 5.44. The van der Waals surface area contributed by atoms with Crippen LogP contribution >= 0.6 is 11.3 Å². The van der Waals surface area contributed by atoms with Crippen LogP contribution in [0.15, 0.2) is 36.4 Å². The van der Waals surface area contributed by atoms with Gasteiger partial charge in [-0.3, -0.25) is 0 Å². The normalized spacial score (nSPS) is 12.4. The van der Waals surface area contributed by atoms with Crippen molar-refractivity contribution >= 4 is 16.9 Å². The van der Waals surface area contributed by atoms with Gasteiger partial charge in [0.25, 0.3) is 0 Å². The maximum atomic E-state index is 10.5. The van der Waals surface area contributed by atoms with Crippen molar-refractivity contribution in [1.82, 2.24) is 0 Å². The Bertz CT molecular complexity index is 790. The number of aliphatic hydroxyl groups excluding tert-OH is 2. The summed E-state index contributed by atoms with van der Waals surface area (Å²) in [6.07, 6.45) is 6.47. The van der Waals surface area contributed by atoms with Crippen LogP contribution in [0.2, 0.25) is 0 Å². The van der Waals surface area contributed by atoms with E-state index < -0.39 is 5.60 Å². The van der Waals surface area contributed by atoms with E-state index in [-0.39, 0.29) is 13.2 Å². The molecule has 4 nitrogen and oxygen atoms in total. The number of ether oxygens (including phenoxy) is 1. The van der Waals surface area contributed by atoms with Gasteiger partial charge in [-0.25, -0.2) is 0 Å². The minimum Gasteiger partial charge on any atom is -0.488 e. The van der Waals surface area contributed by atoms with Crippen molar-refractivity contribution in [2.24, 2.45) is 0 Å². The third-order valence-electron chi connectivity index (χ3n) is 5.58. The molecule has 0 bridgehead atoms. The third kappa shape index (κ3) is 6.68. The lowest BCUT2D eigenvalue weighted by Gasteiger charge is -2.24. The summed E-state index contributed by atoms with van der Waals surface area (Å²) in [5.74, 6) is 0.686. The van der Waals surface area contributed by atoms with Gasteiger partial charge in [0.2, 0.25) is 0 Å². The molecule has 0 unspecified atom stereocenters. The highest BCUT2D eigenvalue weighted by atomic mass is 32.1. The summed E-state index contributed by atoms with van der Waals surface area (Å²) < 4.78 is 5.88. The van der Waals surface area contributed by atoms with Gasteiger partial charge in [-0.1, -0.05) is 32.9 Å². The molecule has 1 aromatic carbocycles.